The number of halogens is 1. The Hall–Kier alpha value is -2.87. The van der Waals surface area contributed by atoms with Crippen molar-refractivity contribution in [2.24, 2.45) is 4.99 Å². The maximum absolute atomic E-state index is 13.9. The third-order valence-electron chi connectivity index (χ3n) is 4.73. The number of methoxy groups -OCH3 is 1. The third kappa shape index (κ3) is 6.05. The molecule has 1 aliphatic heterocycles. The summed E-state index contributed by atoms with van der Waals surface area (Å²) in [6, 6.07) is 11.1. The maximum atomic E-state index is 13.9. The number of pyridine rings is 1. The van der Waals surface area contributed by atoms with Gasteiger partial charge in [0.2, 0.25) is 0 Å². The van der Waals surface area contributed by atoms with Gasteiger partial charge in [0.05, 0.1) is 20.3 Å². The molecule has 1 aromatic carbocycles. The van der Waals surface area contributed by atoms with Gasteiger partial charge in [0.15, 0.2) is 17.6 Å². The Balaban J connectivity index is 1.37. The molecule has 0 spiro atoms. The fraction of sp³-hybridized carbons (Fsp3) is 0.429. The highest BCUT2D eigenvalue weighted by atomic mass is 19.1. The van der Waals surface area contributed by atoms with E-state index in [9.17, 15) is 4.39 Å². The molecule has 7 nitrogen and oxygen atoms in total. The number of aliphatic imine (C=N–C) groups is 1. The number of aromatic nitrogens is 1. The number of hydrogen-bond donors (Lipinski definition) is 2. The van der Waals surface area contributed by atoms with Gasteiger partial charge in [-0.1, -0.05) is 12.1 Å². The van der Waals surface area contributed by atoms with Gasteiger partial charge in [0.25, 0.3) is 0 Å². The second-order valence-electron chi connectivity index (χ2n) is 6.79. The number of guanidine groups is 1. The van der Waals surface area contributed by atoms with Crippen molar-refractivity contribution in [2.75, 3.05) is 45.3 Å². The molecule has 1 aromatic heterocycles. The lowest BCUT2D eigenvalue weighted by molar-refractivity contribution is 0.125. The predicted molar refractivity (Wildman–Crippen MR) is 112 cm³/mol. The molecule has 29 heavy (non-hydrogen) atoms. The molecule has 3 rings (SSSR count). The van der Waals surface area contributed by atoms with Crippen molar-refractivity contribution >= 4 is 11.8 Å². The first-order chi connectivity index (χ1) is 14.2. The Labute approximate surface area is 170 Å². The van der Waals surface area contributed by atoms with Crippen molar-refractivity contribution in [3.8, 4) is 5.75 Å². The van der Waals surface area contributed by atoms with Gasteiger partial charge in [-0.25, -0.2) is 9.37 Å². The third-order valence-corrected chi connectivity index (χ3v) is 4.73. The SMILES string of the molecule is CN=C(NCCOCc1cccc(OC)c1)NC1CCN(c2ncccc2F)C1. The van der Waals surface area contributed by atoms with Crippen LogP contribution in [0.15, 0.2) is 47.6 Å². The van der Waals surface area contributed by atoms with Crippen LogP contribution in [0.3, 0.4) is 0 Å². The molecule has 1 unspecified atom stereocenters. The monoisotopic (exact) mass is 401 g/mol. The Morgan fingerprint density at radius 1 is 1.34 bits per heavy atom. The maximum Gasteiger partial charge on any atom is 0.191 e. The molecular formula is C21H28FN5O2. The standard InChI is InChI=1S/C21H28FN5O2/c1-23-21(25-10-12-29-15-16-5-3-6-18(13-16)28-2)26-17-8-11-27(14-17)20-19(22)7-4-9-24-20/h3-7,9,13,17H,8,10-12,14-15H2,1-2H3,(H2,23,25,26). The van der Waals surface area contributed by atoms with Crippen LogP contribution in [-0.4, -0.2) is 57.4 Å². The van der Waals surface area contributed by atoms with Gasteiger partial charge in [-0.15, -0.1) is 0 Å². The molecule has 156 valence electrons. The number of ether oxygens (including phenoxy) is 2. The van der Waals surface area contributed by atoms with Crippen LogP contribution in [0.4, 0.5) is 10.2 Å². The molecule has 8 heteroatoms. The smallest absolute Gasteiger partial charge is 0.191 e. The molecular weight excluding hydrogens is 373 g/mol. The summed E-state index contributed by atoms with van der Waals surface area (Å²) in [5.74, 6) is 1.66. The number of nitrogens with one attached hydrogen (secondary N) is 2. The first-order valence-electron chi connectivity index (χ1n) is 9.73. The molecule has 1 fully saturated rings. The van der Waals surface area contributed by atoms with Crippen LogP contribution < -0.4 is 20.3 Å². The molecule has 0 aliphatic carbocycles. The number of benzene rings is 1. The second-order valence-corrected chi connectivity index (χ2v) is 6.79. The summed E-state index contributed by atoms with van der Waals surface area (Å²) in [4.78, 5) is 10.4. The average Bonchev–Trinajstić information content (AvgIpc) is 3.21. The molecule has 2 aromatic rings. The van der Waals surface area contributed by atoms with Gasteiger partial charge in [0, 0.05) is 38.9 Å². The van der Waals surface area contributed by atoms with Crippen LogP contribution in [0.2, 0.25) is 0 Å². The van der Waals surface area contributed by atoms with E-state index in [1.807, 2.05) is 29.2 Å². The van der Waals surface area contributed by atoms with Gasteiger partial charge in [0.1, 0.15) is 5.75 Å². The fourth-order valence-electron chi connectivity index (χ4n) is 3.26. The Kier molecular flexibility index (Phi) is 7.63. The average molecular weight is 401 g/mol. The Bertz CT molecular complexity index is 817. The zero-order valence-electron chi connectivity index (χ0n) is 16.9. The quantitative estimate of drug-likeness (QED) is 0.401. The van der Waals surface area contributed by atoms with E-state index >= 15 is 0 Å². The van der Waals surface area contributed by atoms with E-state index in [2.05, 4.69) is 20.6 Å². The van der Waals surface area contributed by atoms with Crippen molar-refractivity contribution in [2.45, 2.75) is 19.1 Å². The first kappa shape index (κ1) is 20.9. The van der Waals surface area contributed by atoms with E-state index in [0.717, 1.165) is 24.3 Å². The molecule has 0 bridgehead atoms. The van der Waals surface area contributed by atoms with E-state index in [1.165, 1.54) is 6.07 Å². The summed E-state index contributed by atoms with van der Waals surface area (Å²) >= 11 is 0. The molecule has 1 atom stereocenters. The van der Waals surface area contributed by atoms with Crippen molar-refractivity contribution in [1.29, 1.82) is 0 Å². The fourth-order valence-corrected chi connectivity index (χ4v) is 3.26. The predicted octanol–water partition coefficient (Wildman–Crippen LogP) is 2.19. The minimum Gasteiger partial charge on any atom is -0.497 e. The van der Waals surface area contributed by atoms with Gasteiger partial charge in [-0.05, 0) is 36.2 Å². The molecule has 1 saturated heterocycles. The van der Waals surface area contributed by atoms with Crippen LogP contribution in [0.1, 0.15) is 12.0 Å². The van der Waals surface area contributed by atoms with Crippen molar-refractivity contribution in [3.05, 3.63) is 54.0 Å². The highest BCUT2D eigenvalue weighted by Crippen LogP contribution is 2.20. The number of anilines is 1. The van der Waals surface area contributed by atoms with Gasteiger partial charge < -0.3 is 25.0 Å². The lowest BCUT2D eigenvalue weighted by Gasteiger charge is -2.20. The number of rotatable bonds is 8. The van der Waals surface area contributed by atoms with E-state index in [1.54, 1.807) is 26.4 Å². The van der Waals surface area contributed by atoms with E-state index in [0.29, 0.717) is 38.1 Å². The van der Waals surface area contributed by atoms with Crippen molar-refractivity contribution in [1.82, 2.24) is 15.6 Å². The first-order valence-corrected chi connectivity index (χ1v) is 9.73. The zero-order valence-corrected chi connectivity index (χ0v) is 16.9. The molecule has 2 heterocycles. The van der Waals surface area contributed by atoms with Crippen LogP contribution in [0, 0.1) is 5.82 Å². The van der Waals surface area contributed by atoms with E-state index < -0.39 is 0 Å². The lowest BCUT2D eigenvalue weighted by atomic mass is 10.2. The van der Waals surface area contributed by atoms with Crippen LogP contribution >= 0.6 is 0 Å². The molecule has 2 N–H and O–H groups in total. The van der Waals surface area contributed by atoms with Gasteiger partial charge in [-0.2, -0.15) is 0 Å². The largest absolute Gasteiger partial charge is 0.497 e. The molecule has 0 saturated carbocycles. The second kappa shape index (κ2) is 10.6. The zero-order chi connectivity index (χ0) is 20.5. The summed E-state index contributed by atoms with van der Waals surface area (Å²) < 4.78 is 24.8. The van der Waals surface area contributed by atoms with Crippen LogP contribution in [0.25, 0.3) is 0 Å². The van der Waals surface area contributed by atoms with Gasteiger partial charge in [-0.3, -0.25) is 4.99 Å². The summed E-state index contributed by atoms with van der Waals surface area (Å²) in [6.07, 6.45) is 2.51. The topological polar surface area (TPSA) is 71.0 Å². The highest BCUT2D eigenvalue weighted by Gasteiger charge is 2.25. The van der Waals surface area contributed by atoms with Crippen LogP contribution in [-0.2, 0) is 11.3 Å². The Morgan fingerprint density at radius 3 is 3.03 bits per heavy atom. The Morgan fingerprint density at radius 2 is 2.24 bits per heavy atom. The van der Waals surface area contributed by atoms with Crippen molar-refractivity contribution < 1.29 is 13.9 Å². The molecule has 0 radical (unpaired) electrons. The molecule has 0 amide bonds. The summed E-state index contributed by atoms with van der Waals surface area (Å²) in [7, 11) is 3.39. The molecule has 1 aliphatic rings. The minimum atomic E-state index is -0.288. The van der Waals surface area contributed by atoms with E-state index in [4.69, 9.17) is 9.47 Å². The summed E-state index contributed by atoms with van der Waals surface area (Å²) in [5, 5.41) is 6.64. The number of nitrogens with zero attached hydrogens (tertiary/aromatic N) is 3. The van der Waals surface area contributed by atoms with Crippen LogP contribution in [0.5, 0.6) is 5.75 Å². The summed E-state index contributed by atoms with van der Waals surface area (Å²) in [5.41, 5.74) is 1.07. The lowest BCUT2D eigenvalue weighted by Crippen LogP contribution is -2.45. The van der Waals surface area contributed by atoms with Crippen molar-refractivity contribution in [3.63, 3.8) is 0 Å². The number of hydrogen-bond acceptors (Lipinski definition) is 5. The highest BCUT2D eigenvalue weighted by molar-refractivity contribution is 5.80. The van der Waals surface area contributed by atoms with E-state index in [-0.39, 0.29) is 11.9 Å². The minimum absolute atomic E-state index is 0.181. The normalized spacial score (nSPS) is 16.7. The van der Waals surface area contributed by atoms with Gasteiger partial charge >= 0.3 is 0 Å². The summed E-state index contributed by atoms with van der Waals surface area (Å²) in [6.45, 7) is 3.15.